The summed E-state index contributed by atoms with van der Waals surface area (Å²) in [6, 6.07) is 5.37. The van der Waals surface area contributed by atoms with Gasteiger partial charge in [0.25, 0.3) is 5.91 Å². The van der Waals surface area contributed by atoms with Gasteiger partial charge in [-0.2, -0.15) is 13.2 Å². The highest BCUT2D eigenvalue weighted by molar-refractivity contribution is 8.08. The average molecular weight is 492 g/mol. The highest BCUT2D eigenvalue weighted by Gasteiger charge is 2.38. The molecule has 1 aromatic carbocycles. The topological polar surface area (TPSA) is 109 Å². The van der Waals surface area contributed by atoms with Crippen LogP contribution in [0.1, 0.15) is 46.0 Å². The van der Waals surface area contributed by atoms with Gasteiger partial charge in [-0.3, -0.25) is 14.3 Å². The van der Waals surface area contributed by atoms with Gasteiger partial charge in [-0.1, -0.05) is 41.7 Å². The van der Waals surface area contributed by atoms with Crippen molar-refractivity contribution in [2.45, 2.75) is 37.0 Å². The molecule has 1 amide bonds. The Morgan fingerprint density at radius 3 is 2.74 bits per heavy atom. The van der Waals surface area contributed by atoms with Gasteiger partial charge in [0, 0.05) is 17.2 Å². The summed E-state index contributed by atoms with van der Waals surface area (Å²) < 4.78 is 45.5. The van der Waals surface area contributed by atoms with Crippen molar-refractivity contribution >= 4 is 22.6 Å². The average Bonchev–Trinajstić information content (AvgIpc) is 3.10. The number of amides is 1. The molecule has 34 heavy (non-hydrogen) atoms. The number of benzene rings is 1. The van der Waals surface area contributed by atoms with Crippen molar-refractivity contribution in [1.29, 1.82) is 0 Å². The standard InChI is InChI=1S/C22H19F3N4O4S/c1-10-16-17(13-6-4-5-7-15(13)34-11(2)20(16)33-28-10)27-29-9-8-14(30)19(31)18(29)21(32)26-12(3)22(23,24)25/h4-9,12,17,27,31H,2H2,1,3H3,(H,26,32)/t12-,17?/m1/s1. The summed E-state index contributed by atoms with van der Waals surface area (Å²) in [6.07, 6.45) is -3.56. The number of thioether (sulfide) groups is 1. The number of alkyl halides is 3. The maximum Gasteiger partial charge on any atom is 0.408 e. The molecule has 3 aromatic rings. The number of nitrogens with zero attached hydrogens (tertiary/aromatic N) is 2. The Kier molecular flexibility index (Phi) is 5.94. The quantitative estimate of drug-likeness (QED) is 0.506. The van der Waals surface area contributed by atoms with E-state index in [1.54, 1.807) is 18.3 Å². The van der Waals surface area contributed by atoms with E-state index in [0.717, 1.165) is 34.3 Å². The molecular weight excluding hydrogens is 473 g/mol. The predicted molar refractivity (Wildman–Crippen MR) is 119 cm³/mol. The number of fused-ring (bicyclic) bond motifs is 2. The van der Waals surface area contributed by atoms with Crippen LogP contribution in [0, 0.1) is 6.92 Å². The fourth-order valence-electron chi connectivity index (χ4n) is 3.54. The van der Waals surface area contributed by atoms with Crippen molar-refractivity contribution in [2.24, 2.45) is 0 Å². The smallest absolute Gasteiger partial charge is 0.408 e. The van der Waals surface area contributed by atoms with Crippen LogP contribution < -0.4 is 16.2 Å². The third kappa shape index (κ3) is 4.16. The van der Waals surface area contributed by atoms with Crippen LogP contribution in [0.4, 0.5) is 13.2 Å². The minimum absolute atomic E-state index is 0.401. The van der Waals surface area contributed by atoms with Crippen LogP contribution >= 0.6 is 11.8 Å². The van der Waals surface area contributed by atoms with Gasteiger partial charge in [-0.25, -0.2) is 0 Å². The van der Waals surface area contributed by atoms with Crippen LogP contribution in [0.5, 0.6) is 5.75 Å². The second kappa shape index (κ2) is 8.60. The molecule has 0 saturated heterocycles. The van der Waals surface area contributed by atoms with Gasteiger partial charge in [0.05, 0.1) is 22.2 Å². The maximum absolute atomic E-state index is 13.0. The van der Waals surface area contributed by atoms with Crippen LogP contribution in [0.25, 0.3) is 4.91 Å². The molecule has 12 heteroatoms. The van der Waals surface area contributed by atoms with Crippen molar-refractivity contribution in [3.05, 3.63) is 81.6 Å². The number of aromatic nitrogens is 2. The Balaban J connectivity index is 1.84. The molecule has 8 nitrogen and oxygen atoms in total. The van der Waals surface area contributed by atoms with E-state index >= 15 is 0 Å². The summed E-state index contributed by atoms with van der Waals surface area (Å²) in [5.41, 5.74) is 3.29. The van der Waals surface area contributed by atoms with Gasteiger partial charge in [0.1, 0.15) is 6.04 Å². The van der Waals surface area contributed by atoms with Crippen LogP contribution in [0.2, 0.25) is 0 Å². The number of aryl methyl sites for hydroxylation is 1. The van der Waals surface area contributed by atoms with E-state index in [0.29, 0.717) is 21.9 Å². The molecule has 0 aliphatic carbocycles. The van der Waals surface area contributed by atoms with E-state index in [1.165, 1.54) is 11.8 Å². The third-order valence-electron chi connectivity index (χ3n) is 5.31. The number of aromatic hydroxyl groups is 1. The zero-order valence-corrected chi connectivity index (χ0v) is 18.8. The minimum Gasteiger partial charge on any atom is -0.502 e. The molecule has 0 radical (unpaired) electrons. The molecule has 1 aliphatic rings. The molecule has 3 N–H and O–H groups in total. The van der Waals surface area contributed by atoms with Crippen LogP contribution in [-0.4, -0.2) is 33.1 Å². The Hall–Kier alpha value is -3.67. The first-order chi connectivity index (χ1) is 16.0. The molecule has 0 spiro atoms. The summed E-state index contributed by atoms with van der Waals surface area (Å²) in [7, 11) is 0. The number of hydrogen-bond acceptors (Lipinski definition) is 7. The lowest BCUT2D eigenvalue weighted by atomic mass is 9.97. The van der Waals surface area contributed by atoms with E-state index in [4.69, 9.17) is 4.52 Å². The molecule has 2 aromatic heterocycles. The molecular formula is C22H19F3N4O4S. The molecule has 2 atom stereocenters. The Labute approximate surface area is 195 Å². The summed E-state index contributed by atoms with van der Waals surface area (Å²) >= 11 is 1.35. The lowest BCUT2D eigenvalue weighted by Gasteiger charge is -2.25. The molecule has 4 rings (SSSR count). The summed E-state index contributed by atoms with van der Waals surface area (Å²) in [4.78, 5) is 26.2. The van der Waals surface area contributed by atoms with Gasteiger partial charge in [-0.05, 0) is 25.5 Å². The van der Waals surface area contributed by atoms with Gasteiger partial charge >= 0.3 is 6.18 Å². The number of pyridine rings is 1. The monoisotopic (exact) mass is 492 g/mol. The minimum atomic E-state index is -4.72. The molecule has 0 bridgehead atoms. The molecule has 0 saturated carbocycles. The van der Waals surface area contributed by atoms with Gasteiger partial charge in [0.2, 0.25) is 5.43 Å². The van der Waals surface area contributed by atoms with Gasteiger partial charge < -0.3 is 20.4 Å². The number of halogens is 3. The van der Waals surface area contributed by atoms with Crippen molar-refractivity contribution < 1.29 is 27.6 Å². The van der Waals surface area contributed by atoms with Crippen molar-refractivity contribution in [3.63, 3.8) is 0 Å². The van der Waals surface area contributed by atoms with Gasteiger partial charge in [-0.15, -0.1) is 0 Å². The number of carbonyl (C=O) groups is 1. The lowest BCUT2D eigenvalue weighted by molar-refractivity contribution is -0.149. The molecule has 178 valence electrons. The number of rotatable bonds is 4. The number of hydrogen-bond donors (Lipinski definition) is 3. The van der Waals surface area contributed by atoms with Crippen molar-refractivity contribution in [3.8, 4) is 5.75 Å². The highest BCUT2D eigenvalue weighted by Crippen LogP contribution is 2.46. The first-order valence-corrected chi connectivity index (χ1v) is 10.8. The highest BCUT2D eigenvalue weighted by atomic mass is 32.2. The molecule has 3 heterocycles. The van der Waals surface area contributed by atoms with E-state index in [-0.39, 0.29) is 0 Å². The van der Waals surface area contributed by atoms with Crippen molar-refractivity contribution in [1.82, 2.24) is 15.1 Å². The fraction of sp³-hybridized carbons (Fsp3) is 0.227. The molecule has 1 unspecified atom stereocenters. The lowest BCUT2D eigenvalue weighted by Crippen LogP contribution is -2.44. The van der Waals surface area contributed by atoms with Crippen molar-refractivity contribution in [2.75, 3.05) is 5.43 Å². The summed E-state index contributed by atoms with van der Waals surface area (Å²) in [6.45, 7) is 6.51. The first kappa shape index (κ1) is 23.5. The van der Waals surface area contributed by atoms with Crippen LogP contribution in [0.15, 0.2) is 57.3 Å². The van der Waals surface area contributed by atoms with E-state index < -0.39 is 41.0 Å². The maximum atomic E-state index is 13.0. The SMILES string of the molecule is C=C1Sc2ccccc2C(Nn2ccc(=O)c(O)c2C(=O)N[C@H](C)C(F)(F)F)c2c(C)noc21. The molecule has 1 aliphatic heterocycles. The predicted octanol–water partition coefficient (Wildman–Crippen LogP) is 3.94. The van der Waals surface area contributed by atoms with Crippen LogP contribution in [-0.2, 0) is 0 Å². The van der Waals surface area contributed by atoms with E-state index in [1.807, 2.05) is 18.2 Å². The Morgan fingerprint density at radius 1 is 1.32 bits per heavy atom. The molecule has 0 fully saturated rings. The Bertz CT molecular complexity index is 1350. The first-order valence-electron chi connectivity index (χ1n) is 10.00. The van der Waals surface area contributed by atoms with Gasteiger partial charge in [0.15, 0.2) is 17.2 Å². The largest absolute Gasteiger partial charge is 0.502 e. The van der Waals surface area contributed by atoms with Crippen LogP contribution in [0.3, 0.4) is 0 Å². The fourth-order valence-corrected chi connectivity index (χ4v) is 4.49. The normalized spacial score (nSPS) is 16.3. The number of nitrogens with one attached hydrogen (secondary N) is 2. The third-order valence-corrected chi connectivity index (χ3v) is 6.33. The zero-order chi connectivity index (χ0) is 24.8. The number of carbonyl (C=O) groups excluding carboxylic acids is 1. The second-order valence-electron chi connectivity index (χ2n) is 7.62. The Morgan fingerprint density at radius 2 is 2.03 bits per heavy atom. The van der Waals surface area contributed by atoms with E-state index in [9.17, 15) is 27.9 Å². The summed E-state index contributed by atoms with van der Waals surface area (Å²) in [5.74, 6) is -1.88. The zero-order valence-electron chi connectivity index (χ0n) is 17.9. The summed E-state index contributed by atoms with van der Waals surface area (Å²) in [5, 5.41) is 16.1. The second-order valence-corrected chi connectivity index (χ2v) is 8.76. The van der Waals surface area contributed by atoms with E-state index in [2.05, 4.69) is 17.2 Å².